The van der Waals surface area contributed by atoms with Gasteiger partial charge in [-0.25, -0.2) is 0 Å². The Labute approximate surface area is 139 Å². The first kappa shape index (κ1) is 15.9. The second-order valence-electron chi connectivity index (χ2n) is 5.61. The fraction of sp³-hybridized carbons (Fsp3) is 0.222. The van der Waals surface area contributed by atoms with Crippen LogP contribution < -0.4 is 20.3 Å². The van der Waals surface area contributed by atoms with Crippen molar-refractivity contribution in [3.8, 4) is 11.5 Å². The van der Waals surface area contributed by atoms with Gasteiger partial charge in [-0.1, -0.05) is 18.2 Å². The highest BCUT2D eigenvalue weighted by Gasteiger charge is 2.27. The molecule has 3 rings (SSSR count). The molecule has 6 nitrogen and oxygen atoms in total. The van der Waals surface area contributed by atoms with Gasteiger partial charge in [0.05, 0.1) is 0 Å². The van der Waals surface area contributed by atoms with E-state index in [2.05, 4.69) is 10.9 Å². The number of para-hydroxylation sites is 2. The van der Waals surface area contributed by atoms with Crippen molar-refractivity contribution < 1.29 is 19.1 Å². The zero-order chi connectivity index (χ0) is 17.1. The summed E-state index contributed by atoms with van der Waals surface area (Å²) in [5.74, 6) is 0.246. The Morgan fingerprint density at radius 2 is 1.75 bits per heavy atom. The summed E-state index contributed by atoms with van der Waals surface area (Å²) in [7, 11) is 0. The highest BCUT2D eigenvalue weighted by atomic mass is 16.6. The predicted molar refractivity (Wildman–Crippen MR) is 87.9 cm³/mol. The number of amides is 2. The first-order chi connectivity index (χ1) is 11.5. The number of rotatable bonds is 2. The monoisotopic (exact) mass is 326 g/mol. The first-order valence-electron chi connectivity index (χ1n) is 7.60. The zero-order valence-corrected chi connectivity index (χ0v) is 13.5. The fourth-order valence-electron chi connectivity index (χ4n) is 2.30. The minimum absolute atomic E-state index is 0.0857. The first-order valence-corrected chi connectivity index (χ1v) is 7.60. The van der Waals surface area contributed by atoms with Crippen LogP contribution in [-0.2, 0) is 4.79 Å². The molecule has 1 heterocycles. The van der Waals surface area contributed by atoms with Crippen LogP contribution in [0.15, 0.2) is 42.5 Å². The lowest BCUT2D eigenvalue weighted by molar-refractivity contribution is -0.131. The van der Waals surface area contributed by atoms with Crippen LogP contribution in [0.4, 0.5) is 0 Å². The molecule has 2 N–H and O–H groups in total. The van der Waals surface area contributed by atoms with Gasteiger partial charge in [-0.15, -0.1) is 0 Å². The lowest BCUT2D eigenvalue weighted by Crippen LogP contribution is -2.50. The average molecular weight is 326 g/mol. The molecular formula is C18H18N2O4. The third-order valence-electron chi connectivity index (χ3n) is 3.87. The third kappa shape index (κ3) is 3.32. The van der Waals surface area contributed by atoms with E-state index in [-0.39, 0.29) is 12.5 Å². The molecule has 0 fully saturated rings. The molecule has 2 aromatic carbocycles. The predicted octanol–water partition coefficient (Wildman–Crippen LogP) is 1.90. The Hall–Kier alpha value is -3.02. The van der Waals surface area contributed by atoms with Crippen molar-refractivity contribution in [2.45, 2.75) is 20.0 Å². The van der Waals surface area contributed by atoms with Crippen molar-refractivity contribution in [1.29, 1.82) is 0 Å². The Balaban J connectivity index is 1.58. The van der Waals surface area contributed by atoms with E-state index in [1.807, 2.05) is 26.0 Å². The van der Waals surface area contributed by atoms with Crippen LogP contribution in [0.2, 0.25) is 0 Å². The highest BCUT2D eigenvalue weighted by Crippen LogP contribution is 2.30. The molecule has 1 aliphatic heterocycles. The maximum absolute atomic E-state index is 12.1. The molecule has 6 heteroatoms. The minimum Gasteiger partial charge on any atom is -0.485 e. The van der Waals surface area contributed by atoms with E-state index in [0.29, 0.717) is 17.1 Å². The molecule has 0 unspecified atom stereocenters. The summed E-state index contributed by atoms with van der Waals surface area (Å²) in [6, 6.07) is 12.5. The van der Waals surface area contributed by atoms with Gasteiger partial charge in [0.1, 0.15) is 6.61 Å². The molecule has 0 radical (unpaired) electrons. The maximum atomic E-state index is 12.1. The van der Waals surface area contributed by atoms with Gasteiger partial charge in [-0.3, -0.25) is 20.4 Å². The number of benzene rings is 2. The van der Waals surface area contributed by atoms with Crippen molar-refractivity contribution in [2.24, 2.45) is 0 Å². The smallest absolute Gasteiger partial charge is 0.283 e. The van der Waals surface area contributed by atoms with E-state index in [1.54, 1.807) is 30.3 Å². The molecule has 2 amide bonds. The van der Waals surface area contributed by atoms with Gasteiger partial charge in [0, 0.05) is 5.56 Å². The molecule has 1 atom stereocenters. The molecule has 0 spiro atoms. The topological polar surface area (TPSA) is 76.7 Å². The fourth-order valence-corrected chi connectivity index (χ4v) is 2.30. The minimum atomic E-state index is -0.819. The highest BCUT2D eigenvalue weighted by molar-refractivity contribution is 5.96. The molecule has 0 bridgehead atoms. The molecule has 124 valence electrons. The average Bonchev–Trinajstić information content (AvgIpc) is 2.61. The van der Waals surface area contributed by atoms with Crippen molar-refractivity contribution in [1.82, 2.24) is 10.9 Å². The number of carbonyl (C=O) groups is 2. The van der Waals surface area contributed by atoms with Gasteiger partial charge < -0.3 is 9.47 Å². The van der Waals surface area contributed by atoms with Gasteiger partial charge in [0.15, 0.2) is 11.5 Å². The zero-order valence-electron chi connectivity index (χ0n) is 13.5. The standard InChI is InChI=1S/C18H18N2O4/c1-11-7-8-13(9-12(11)2)17(21)19-20-18(22)16-10-23-14-5-3-4-6-15(14)24-16/h3-9,16H,10H2,1-2H3,(H,19,21)(H,20,22)/t16-/m0/s1. The summed E-state index contributed by atoms with van der Waals surface area (Å²) in [6.45, 7) is 3.98. The van der Waals surface area contributed by atoms with Gasteiger partial charge >= 0.3 is 0 Å². The Morgan fingerprint density at radius 1 is 1.00 bits per heavy atom. The quantitative estimate of drug-likeness (QED) is 0.827. The van der Waals surface area contributed by atoms with Crippen LogP contribution in [0.3, 0.4) is 0 Å². The largest absolute Gasteiger partial charge is 0.485 e. The number of carbonyl (C=O) groups excluding carboxylic acids is 2. The molecule has 0 saturated heterocycles. The number of ether oxygens (including phenoxy) is 2. The Morgan fingerprint density at radius 3 is 2.50 bits per heavy atom. The number of fused-ring (bicyclic) bond motifs is 1. The number of hydrogen-bond acceptors (Lipinski definition) is 4. The lowest BCUT2D eigenvalue weighted by atomic mass is 10.1. The lowest BCUT2D eigenvalue weighted by Gasteiger charge is -2.25. The number of nitrogens with one attached hydrogen (secondary N) is 2. The van der Waals surface area contributed by atoms with E-state index in [9.17, 15) is 9.59 Å². The summed E-state index contributed by atoms with van der Waals surface area (Å²) in [5.41, 5.74) is 7.35. The van der Waals surface area contributed by atoms with Crippen LogP contribution in [0.25, 0.3) is 0 Å². The normalized spacial score (nSPS) is 15.5. The Bertz CT molecular complexity index is 788. The summed E-state index contributed by atoms with van der Waals surface area (Å²) >= 11 is 0. The molecule has 2 aromatic rings. The number of hydrazine groups is 1. The molecule has 24 heavy (non-hydrogen) atoms. The van der Waals surface area contributed by atoms with E-state index in [0.717, 1.165) is 11.1 Å². The van der Waals surface area contributed by atoms with Crippen molar-refractivity contribution in [2.75, 3.05) is 6.61 Å². The second kappa shape index (κ2) is 6.62. The van der Waals surface area contributed by atoms with E-state index >= 15 is 0 Å². The van der Waals surface area contributed by atoms with Gasteiger partial charge in [0.25, 0.3) is 11.8 Å². The van der Waals surface area contributed by atoms with Crippen molar-refractivity contribution in [3.05, 3.63) is 59.2 Å². The number of aryl methyl sites for hydroxylation is 2. The summed E-state index contributed by atoms with van der Waals surface area (Å²) in [6.07, 6.45) is -0.819. The summed E-state index contributed by atoms with van der Waals surface area (Å²) < 4.78 is 11.1. The molecule has 1 aliphatic rings. The van der Waals surface area contributed by atoms with Gasteiger partial charge in [0.2, 0.25) is 6.10 Å². The van der Waals surface area contributed by atoms with Gasteiger partial charge in [-0.2, -0.15) is 0 Å². The van der Waals surface area contributed by atoms with Crippen LogP contribution in [0.5, 0.6) is 11.5 Å². The number of hydrogen-bond donors (Lipinski definition) is 2. The third-order valence-corrected chi connectivity index (χ3v) is 3.87. The van der Waals surface area contributed by atoms with Crippen molar-refractivity contribution in [3.63, 3.8) is 0 Å². The Kier molecular flexibility index (Phi) is 4.37. The van der Waals surface area contributed by atoms with Crippen LogP contribution in [-0.4, -0.2) is 24.5 Å². The van der Waals surface area contributed by atoms with Crippen LogP contribution in [0.1, 0.15) is 21.5 Å². The van der Waals surface area contributed by atoms with Gasteiger partial charge in [-0.05, 0) is 49.2 Å². The van der Waals surface area contributed by atoms with Crippen molar-refractivity contribution >= 4 is 11.8 Å². The second-order valence-corrected chi connectivity index (χ2v) is 5.61. The molecule has 0 saturated carbocycles. The molecular weight excluding hydrogens is 308 g/mol. The van der Waals surface area contributed by atoms with Crippen LogP contribution in [0, 0.1) is 13.8 Å². The molecule has 0 aromatic heterocycles. The summed E-state index contributed by atoms with van der Waals surface area (Å²) in [5, 5.41) is 0. The van der Waals surface area contributed by atoms with Crippen LogP contribution >= 0.6 is 0 Å². The van der Waals surface area contributed by atoms with E-state index in [4.69, 9.17) is 9.47 Å². The van der Waals surface area contributed by atoms with E-state index in [1.165, 1.54) is 0 Å². The maximum Gasteiger partial charge on any atom is 0.283 e. The SMILES string of the molecule is Cc1ccc(C(=O)NNC(=O)[C@@H]2COc3ccccc3O2)cc1C. The van der Waals surface area contributed by atoms with E-state index < -0.39 is 12.0 Å². The summed E-state index contributed by atoms with van der Waals surface area (Å²) in [4.78, 5) is 24.2. The molecule has 0 aliphatic carbocycles.